The van der Waals surface area contributed by atoms with Crippen molar-refractivity contribution in [3.63, 3.8) is 0 Å². The van der Waals surface area contributed by atoms with E-state index in [0.29, 0.717) is 43.1 Å². The van der Waals surface area contributed by atoms with Gasteiger partial charge in [-0.1, -0.05) is 18.2 Å². The highest BCUT2D eigenvalue weighted by Gasteiger charge is 2.32. The molecule has 1 saturated carbocycles. The van der Waals surface area contributed by atoms with Gasteiger partial charge in [0.25, 0.3) is 0 Å². The maximum absolute atomic E-state index is 14.1. The number of benzene rings is 1. The average molecular weight is 334 g/mol. The summed E-state index contributed by atoms with van der Waals surface area (Å²) in [5.74, 6) is 1.03. The van der Waals surface area contributed by atoms with Crippen LogP contribution in [0.3, 0.4) is 0 Å². The van der Waals surface area contributed by atoms with E-state index in [1.807, 2.05) is 18.2 Å². The summed E-state index contributed by atoms with van der Waals surface area (Å²) in [7, 11) is 1.58. The van der Waals surface area contributed by atoms with Gasteiger partial charge in [-0.3, -0.25) is 0 Å². The zero-order chi connectivity index (χ0) is 16.9. The number of hydrogen-bond donors (Lipinski definition) is 0. The second kappa shape index (κ2) is 8.24. The highest BCUT2D eigenvalue weighted by molar-refractivity contribution is 5.27. The fraction of sp³-hybridized carbons (Fsp3) is 0.600. The highest BCUT2D eigenvalue weighted by Crippen LogP contribution is 2.39. The SMILES string of the molecule is C=C[C@H]1CO[C@H]([C@H]2CC[C@H](c3ccc(COC)c(F)c3)CC2)OC1. The maximum atomic E-state index is 14.1. The number of hydrogen-bond acceptors (Lipinski definition) is 3. The standard InChI is InChI=1S/C20H27FO3/c1-3-14-11-23-20(24-12-14)16-6-4-15(5-7-16)17-8-9-18(13-22-2)19(21)10-17/h3,8-10,14-16,20H,1,4-7,11-13H2,2H3/t14-,15-,16-,20-. The van der Waals surface area contributed by atoms with Gasteiger partial charge in [0, 0.05) is 24.5 Å². The second-order valence-electron chi connectivity index (χ2n) is 6.93. The smallest absolute Gasteiger partial charge is 0.160 e. The molecule has 1 saturated heterocycles. The van der Waals surface area contributed by atoms with E-state index in [2.05, 4.69) is 6.58 Å². The third kappa shape index (κ3) is 4.05. The van der Waals surface area contributed by atoms with Gasteiger partial charge in [-0.25, -0.2) is 4.39 Å². The van der Waals surface area contributed by atoms with Crippen molar-refractivity contribution in [2.24, 2.45) is 11.8 Å². The van der Waals surface area contributed by atoms with Crippen molar-refractivity contribution in [3.05, 3.63) is 47.8 Å². The summed E-state index contributed by atoms with van der Waals surface area (Å²) in [6, 6.07) is 5.58. The van der Waals surface area contributed by atoms with Crippen LogP contribution in [0.25, 0.3) is 0 Å². The van der Waals surface area contributed by atoms with Crippen LogP contribution in [0.1, 0.15) is 42.7 Å². The lowest BCUT2D eigenvalue weighted by Crippen LogP contribution is -2.37. The maximum Gasteiger partial charge on any atom is 0.160 e. The van der Waals surface area contributed by atoms with Crippen molar-refractivity contribution in [2.45, 2.75) is 44.5 Å². The third-order valence-corrected chi connectivity index (χ3v) is 5.29. The van der Waals surface area contributed by atoms with Gasteiger partial charge in [-0.2, -0.15) is 0 Å². The van der Waals surface area contributed by atoms with Crippen molar-refractivity contribution in [1.29, 1.82) is 0 Å². The van der Waals surface area contributed by atoms with Gasteiger partial charge < -0.3 is 14.2 Å². The van der Waals surface area contributed by atoms with Crippen molar-refractivity contribution < 1.29 is 18.6 Å². The molecule has 24 heavy (non-hydrogen) atoms. The van der Waals surface area contributed by atoms with Crippen LogP contribution < -0.4 is 0 Å². The zero-order valence-corrected chi connectivity index (χ0v) is 14.4. The molecule has 1 aliphatic carbocycles. The Hall–Kier alpha value is -1.23. The Labute approximate surface area is 143 Å². The lowest BCUT2D eigenvalue weighted by Gasteiger charge is -2.37. The molecule has 0 spiro atoms. The summed E-state index contributed by atoms with van der Waals surface area (Å²) in [6.07, 6.45) is 6.06. The molecule has 1 aromatic carbocycles. The molecule has 1 aromatic rings. The molecular weight excluding hydrogens is 307 g/mol. The van der Waals surface area contributed by atoms with E-state index in [4.69, 9.17) is 14.2 Å². The summed E-state index contributed by atoms with van der Waals surface area (Å²) in [5, 5.41) is 0. The number of methoxy groups -OCH3 is 1. The molecule has 0 amide bonds. The van der Waals surface area contributed by atoms with Crippen LogP contribution in [-0.4, -0.2) is 26.6 Å². The summed E-state index contributed by atoms with van der Waals surface area (Å²) < 4.78 is 30.8. The van der Waals surface area contributed by atoms with Crippen LogP contribution >= 0.6 is 0 Å². The Kier molecular flexibility index (Phi) is 6.04. The molecule has 0 unspecified atom stereocenters. The molecule has 0 radical (unpaired) electrons. The van der Waals surface area contributed by atoms with Crippen LogP contribution in [0.5, 0.6) is 0 Å². The Morgan fingerprint density at radius 1 is 1.21 bits per heavy atom. The quantitative estimate of drug-likeness (QED) is 0.746. The zero-order valence-electron chi connectivity index (χ0n) is 14.4. The predicted octanol–water partition coefficient (Wildman–Crippen LogP) is 4.42. The van der Waals surface area contributed by atoms with E-state index in [1.54, 1.807) is 13.2 Å². The van der Waals surface area contributed by atoms with Gasteiger partial charge in [0.05, 0.1) is 19.8 Å². The van der Waals surface area contributed by atoms with Gasteiger partial charge in [0.15, 0.2) is 6.29 Å². The molecule has 132 valence electrons. The largest absolute Gasteiger partial charge is 0.380 e. The summed E-state index contributed by atoms with van der Waals surface area (Å²) >= 11 is 0. The van der Waals surface area contributed by atoms with E-state index in [-0.39, 0.29) is 12.1 Å². The Morgan fingerprint density at radius 3 is 2.50 bits per heavy atom. The van der Waals surface area contributed by atoms with Crippen molar-refractivity contribution in [2.75, 3.05) is 20.3 Å². The van der Waals surface area contributed by atoms with Crippen LogP contribution in [0.15, 0.2) is 30.9 Å². The van der Waals surface area contributed by atoms with Gasteiger partial charge in [-0.05, 0) is 43.2 Å². The Balaban J connectivity index is 1.53. The monoisotopic (exact) mass is 334 g/mol. The molecule has 0 bridgehead atoms. The second-order valence-corrected chi connectivity index (χ2v) is 6.93. The minimum atomic E-state index is -0.161. The van der Waals surface area contributed by atoms with E-state index >= 15 is 0 Å². The van der Waals surface area contributed by atoms with Gasteiger partial charge in [-0.15, -0.1) is 6.58 Å². The first-order valence-electron chi connectivity index (χ1n) is 8.84. The summed E-state index contributed by atoms with van der Waals surface area (Å²) in [5.41, 5.74) is 1.72. The van der Waals surface area contributed by atoms with Crippen molar-refractivity contribution in [3.8, 4) is 0 Å². The summed E-state index contributed by atoms with van der Waals surface area (Å²) in [4.78, 5) is 0. The van der Waals surface area contributed by atoms with Crippen LogP contribution in [0.4, 0.5) is 4.39 Å². The molecule has 1 aliphatic heterocycles. The molecule has 2 fully saturated rings. The van der Waals surface area contributed by atoms with E-state index < -0.39 is 0 Å². The minimum absolute atomic E-state index is 0.0806. The minimum Gasteiger partial charge on any atom is -0.380 e. The molecule has 4 heteroatoms. The first-order chi connectivity index (χ1) is 11.7. The van der Waals surface area contributed by atoms with Gasteiger partial charge >= 0.3 is 0 Å². The van der Waals surface area contributed by atoms with Crippen molar-refractivity contribution in [1.82, 2.24) is 0 Å². The fourth-order valence-corrected chi connectivity index (χ4v) is 3.76. The van der Waals surface area contributed by atoms with Crippen molar-refractivity contribution >= 4 is 0 Å². The van der Waals surface area contributed by atoms with Gasteiger partial charge in [0.1, 0.15) is 5.82 Å². The molecule has 0 aromatic heterocycles. The number of ether oxygens (including phenoxy) is 3. The number of halogens is 1. The molecule has 1 heterocycles. The Morgan fingerprint density at radius 2 is 1.92 bits per heavy atom. The molecule has 0 N–H and O–H groups in total. The molecule has 0 atom stereocenters. The lowest BCUT2D eigenvalue weighted by molar-refractivity contribution is -0.222. The number of rotatable bonds is 5. The molecule has 2 aliphatic rings. The normalized spacial score (nSPS) is 30.9. The van der Waals surface area contributed by atoms with Gasteiger partial charge in [0.2, 0.25) is 0 Å². The summed E-state index contributed by atoms with van der Waals surface area (Å²) in [6.45, 7) is 5.53. The first kappa shape index (κ1) is 17.6. The molecule has 3 nitrogen and oxygen atoms in total. The Bertz CT molecular complexity index is 544. The van der Waals surface area contributed by atoms with Crippen LogP contribution in [-0.2, 0) is 20.8 Å². The van der Waals surface area contributed by atoms with Crippen LogP contribution in [0.2, 0.25) is 0 Å². The van der Waals surface area contributed by atoms with Crippen LogP contribution in [0, 0.1) is 17.7 Å². The highest BCUT2D eigenvalue weighted by atomic mass is 19.1. The molecular formula is C20H27FO3. The average Bonchev–Trinajstić information content (AvgIpc) is 2.64. The fourth-order valence-electron chi connectivity index (χ4n) is 3.76. The topological polar surface area (TPSA) is 27.7 Å². The first-order valence-corrected chi connectivity index (χ1v) is 8.84. The lowest BCUT2D eigenvalue weighted by atomic mass is 9.78. The predicted molar refractivity (Wildman–Crippen MR) is 91.2 cm³/mol. The van der Waals surface area contributed by atoms with E-state index in [1.165, 1.54) is 0 Å². The molecule has 3 rings (SSSR count). The van der Waals surface area contributed by atoms with E-state index in [9.17, 15) is 4.39 Å². The third-order valence-electron chi connectivity index (χ3n) is 5.29. The van der Waals surface area contributed by atoms with E-state index in [0.717, 1.165) is 31.2 Å².